The zero-order chi connectivity index (χ0) is 19.1. The highest BCUT2D eigenvalue weighted by atomic mass is 32.2. The van der Waals surface area contributed by atoms with Crippen molar-refractivity contribution in [3.63, 3.8) is 0 Å². The van der Waals surface area contributed by atoms with E-state index in [0.29, 0.717) is 11.1 Å². The number of thiophene rings is 1. The van der Waals surface area contributed by atoms with Crippen LogP contribution < -0.4 is 10.7 Å². The molecule has 1 aromatic carbocycles. The van der Waals surface area contributed by atoms with Gasteiger partial charge in [0.15, 0.2) is 0 Å². The van der Waals surface area contributed by atoms with Crippen molar-refractivity contribution < 1.29 is 9.59 Å². The zero-order valence-electron chi connectivity index (χ0n) is 15.1. The minimum atomic E-state index is -0.455. The number of hydrogen-bond donors (Lipinski definition) is 2. The van der Waals surface area contributed by atoms with Crippen molar-refractivity contribution >= 4 is 41.1 Å². The highest BCUT2D eigenvalue weighted by Crippen LogP contribution is 2.28. The molecule has 0 aliphatic heterocycles. The number of amides is 2. The molecule has 2 amide bonds. The van der Waals surface area contributed by atoms with Gasteiger partial charge in [-0.15, -0.1) is 23.1 Å². The second-order valence-corrected chi connectivity index (χ2v) is 8.03. The average Bonchev–Trinajstić information content (AvgIpc) is 2.99. The molecule has 0 aliphatic rings. The van der Waals surface area contributed by atoms with Crippen molar-refractivity contribution in [1.82, 2.24) is 10.7 Å². The van der Waals surface area contributed by atoms with E-state index in [2.05, 4.69) is 15.8 Å². The Kier molecular flexibility index (Phi) is 7.17. The largest absolute Gasteiger partial charge is 0.317 e. The average molecular weight is 388 g/mol. The molecule has 0 unspecified atom stereocenters. The molecular formula is C19H21N3O2S2. The molecule has 1 aromatic heterocycles. The van der Waals surface area contributed by atoms with Gasteiger partial charge in [0.25, 0.3) is 11.8 Å². The lowest BCUT2D eigenvalue weighted by Gasteiger charge is -2.10. The van der Waals surface area contributed by atoms with Gasteiger partial charge in [0.2, 0.25) is 0 Å². The number of hydrogen-bond acceptors (Lipinski definition) is 5. The fraction of sp³-hybridized carbons (Fsp3) is 0.211. The first kappa shape index (κ1) is 19.9. The standard InChI is InChI=1S/C19H21N3O2S2/c1-12(2)16(21-17(23)14-8-6-5-7-9-14)18(24)22-20-11-15-10-13(3)26-19(15)25-4/h5-11H,1-4H3,(H,21,23)(H,22,24)/b20-11-. The van der Waals surface area contributed by atoms with E-state index >= 15 is 0 Å². The number of rotatable bonds is 6. The molecule has 2 aromatic rings. The molecule has 0 atom stereocenters. The Morgan fingerprint density at radius 2 is 1.88 bits per heavy atom. The predicted molar refractivity (Wildman–Crippen MR) is 109 cm³/mol. The number of thioether (sulfide) groups is 1. The highest BCUT2D eigenvalue weighted by Gasteiger charge is 2.15. The maximum Gasteiger partial charge on any atom is 0.287 e. The van der Waals surface area contributed by atoms with E-state index in [9.17, 15) is 9.59 Å². The Labute approximate surface area is 161 Å². The van der Waals surface area contributed by atoms with Crippen molar-refractivity contribution in [2.24, 2.45) is 5.10 Å². The molecule has 0 saturated heterocycles. The molecule has 0 spiro atoms. The molecule has 2 rings (SSSR count). The van der Waals surface area contributed by atoms with Crippen LogP contribution >= 0.6 is 23.1 Å². The van der Waals surface area contributed by atoms with E-state index in [1.165, 1.54) is 4.88 Å². The second-order valence-electron chi connectivity index (χ2n) is 5.70. The molecular weight excluding hydrogens is 366 g/mol. The molecule has 0 fully saturated rings. The number of nitrogens with zero attached hydrogens (tertiary/aromatic N) is 1. The van der Waals surface area contributed by atoms with Gasteiger partial charge in [-0.1, -0.05) is 18.2 Å². The molecule has 0 aliphatic carbocycles. The van der Waals surface area contributed by atoms with Crippen molar-refractivity contribution in [3.8, 4) is 0 Å². The van der Waals surface area contributed by atoms with Gasteiger partial charge in [-0.25, -0.2) is 5.43 Å². The Hall–Kier alpha value is -2.38. The summed E-state index contributed by atoms with van der Waals surface area (Å²) in [6, 6.07) is 10.8. The summed E-state index contributed by atoms with van der Waals surface area (Å²) in [6.45, 7) is 5.55. The van der Waals surface area contributed by atoms with Crippen LogP contribution in [0.1, 0.15) is 34.6 Å². The topological polar surface area (TPSA) is 70.6 Å². The maximum atomic E-state index is 12.4. The Morgan fingerprint density at radius 3 is 2.50 bits per heavy atom. The highest BCUT2D eigenvalue weighted by molar-refractivity contribution is 8.00. The van der Waals surface area contributed by atoms with E-state index in [-0.39, 0.29) is 11.6 Å². The van der Waals surface area contributed by atoms with Crippen molar-refractivity contribution in [2.75, 3.05) is 6.26 Å². The van der Waals surface area contributed by atoms with Crippen LogP contribution in [-0.4, -0.2) is 24.3 Å². The third-order valence-electron chi connectivity index (χ3n) is 3.40. The van der Waals surface area contributed by atoms with Crippen LogP contribution in [0.4, 0.5) is 0 Å². The summed E-state index contributed by atoms with van der Waals surface area (Å²) in [7, 11) is 0. The van der Waals surface area contributed by atoms with Crippen LogP contribution in [-0.2, 0) is 4.79 Å². The number of carbonyl (C=O) groups excluding carboxylic acids is 2. The molecule has 7 heteroatoms. The van der Waals surface area contributed by atoms with E-state index in [1.54, 1.807) is 67.4 Å². The molecule has 26 heavy (non-hydrogen) atoms. The summed E-state index contributed by atoms with van der Waals surface area (Å²) in [5.74, 6) is -0.790. The van der Waals surface area contributed by atoms with E-state index in [1.807, 2.05) is 25.3 Å². The number of nitrogens with one attached hydrogen (secondary N) is 2. The summed E-state index contributed by atoms with van der Waals surface area (Å²) < 4.78 is 1.14. The maximum absolute atomic E-state index is 12.4. The van der Waals surface area contributed by atoms with E-state index in [4.69, 9.17) is 0 Å². The van der Waals surface area contributed by atoms with Gasteiger partial charge in [0, 0.05) is 16.0 Å². The fourth-order valence-corrected chi connectivity index (χ4v) is 3.95. The van der Waals surface area contributed by atoms with Gasteiger partial charge in [0.1, 0.15) is 5.70 Å². The fourth-order valence-electron chi connectivity index (χ4n) is 2.16. The van der Waals surface area contributed by atoms with Crippen molar-refractivity contribution in [1.29, 1.82) is 0 Å². The van der Waals surface area contributed by atoms with Gasteiger partial charge in [-0.2, -0.15) is 5.10 Å². The van der Waals surface area contributed by atoms with Gasteiger partial charge < -0.3 is 5.32 Å². The van der Waals surface area contributed by atoms with Crippen LogP contribution in [0, 0.1) is 6.92 Å². The van der Waals surface area contributed by atoms with Crippen LogP contribution in [0.3, 0.4) is 0 Å². The lowest BCUT2D eigenvalue weighted by Crippen LogP contribution is -2.33. The van der Waals surface area contributed by atoms with Crippen LogP contribution in [0.5, 0.6) is 0 Å². The Balaban J connectivity index is 2.06. The summed E-state index contributed by atoms with van der Waals surface area (Å²) in [5, 5.41) is 6.69. The van der Waals surface area contributed by atoms with E-state index in [0.717, 1.165) is 9.77 Å². The predicted octanol–water partition coefficient (Wildman–Crippen LogP) is 3.95. The third-order valence-corrected chi connectivity index (χ3v) is 5.62. The summed E-state index contributed by atoms with van der Waals surface area (Å²) in [5.41, 5.74) is 4.82. The number of carbonyl (C=O) groups is 2. The minimum absolute atomic E-state index is 0.197. The van der Waals surface area contributed by atoms with Gasteiger partial charge in [0.05, 0.1) is 10.4 Å². The van der Waals surface area contributed by atoms with Gasteiger partial charge >= 0.3 is 0 Å². The second kappa shape index (κ2) is 9.35. The molecule has 0 saturated carbocycles. The van der Waals surface area contributed by atoms with Gasteiger partial charge in [-0.05, 0) is 50.8 Å². The number of aryl methyl sites for hydroxylation is 1. The third kappa shape index (κ3) is 5.31. The van der Waals surface area contributed by atoms with Crippen molar-refractivity contribution in [2.45, 2.75) is 25.0 Å². The summed E-state index contributed by atoms with van der Waals surface area (Å²) >= 11 is 3.32. The number of benzene rings is 1. The first-order chi connectivity index (χ1) is 12.4. The quantitative estimate of drug-likeness (QED) is 0.341. The van der Waals surface area contributed by atoms with Crippen LogP contribution in [0.15, 0.2) is 57.0 Å². The van der Waals surface area contributed by atoms with Crippen LogP contribution in [0.25, 0.3) is 0 Å². The Morgan fingerprint density at radius 1 is 1.19 bits per heavy atom. The first-order valence-electron chi connectivity index (χ1n) is 7.94. The lowest BCUT2D eigenvalue weighted by atomic mass is 10.2. The molecule has 136 valence electrons. The molecule has 5 nitrogen and oxygen atoms in total. The Bertz CT molecular complexity index is 851. The summed E-state index contributed by atoms with van der Waals surface area (Å²) in [4.78, 5) is 25.9. The SMILES string of the molecule is CSc1sc(C)cc1/C=N\NC(=O)C(NC(=O)c1ccccc1)=C(C)C. The monoisotopic (exact) mass is 387 g/mol. The van der Waals surface area contributed by atoms with E-state index < -0.39 is 5.91 Å². The van der Waals surface area contributed by atoms with Crippen LogP contribution in [0.2, 0.25) is 0 Å². The van der Waals surface area contributed by atoms with Crippen molar-refractivity contribution in [3.05, 3.63) is 63.7 Å². The first-order valence-corrected chi connectivity index (χ1v) is 9.98. The number of allylic oxidation sites excluding steroid dienone is 1. The molecule has 2 N–H and O–H groups in total. The smallest absolute Gasteiger partial charge is 0.287 e. The minimum Gasteiger partial charge on any atom is -0.317 e. The normalized spacial score (nSPS) is 10.6. The zero-order valence-corrected chi connectivity index (χ0v) is 16.8. The number of hydrazone groups is 1. The molecule has 0 radical (unpaired) electrons. The lowest BCUT2D eigenvalue weighted by molar-refractivity contribution is -0.117. The molecule has 0 bridgehead atoms. The van der Waals surface area contributed by atoms with Gasteiger partial charge in [-0.3, -0.25) is 9.59 Å². The molecule has 1 heterocycles. The summed E-state index contributed by atoms with van der Waals surface area (Å²) in [6.07, 6.45) is 3.62.